The molecule has 0 unspecified atom stereocenters. The van der Waals surface area contributed by atoms with Crippen LogP contribution in [-0.4, -0.2) is 33.6 Å². The van der Waals surface area contributed by atoms with Crippen LogP contribution in [0.25, 0.3) is 0 Å². The molecule has 0 amide bonds. The smallest absolute Gasteiger partial charge is 0.339 e. The number of aryl methyl sites for hydroxylation is 2. The topological polar surface area (TPSA) is 62.2 Å². The number of aromatic carboxylic acids is 1. The molecule has 1 aromatic rings. The molecule has 1 aromatic heterocycles. The molecule has 0 fully saturated rings. The molecule has 0 saturated heterocycles. The van der Waals surface area contributed by atoms with Gasteiger partial charge >= 0.3 is 5.97 Å². The van der Waals surface area contributed by atoms with Crippen LogP contribution in [0.15, 0.2) is 6.07 Å². The summed E-state index contributed by atoms with van der Waals surface area (Å²) >= 11 is 1.74. The predicted octanol–water partition coefficient (Wildman–Crippen LogP) is 2.95. The number of rotatable bonds is 5. The van der Waals surface area contributed by atoms with E-state index in [0.717, 1.165) is 5.69 Å². The zero-order chi connectivity index (χ0) is 13.9. The van der Waals surface area contributed by atoms with E-state index in [1.807, 2.05) is 13.2 Å². The van der Waals surface area contributed by atoms with E-state index in [4.69, 9.17) is 0 Å². The Kier molecular flexibility index (Phi) is 4.62. The fourth-order valence-corrected chi connectivity index (χ4v) is 1.83. The largest absolute Gasteiger partial charge is 0.478 e. The molecular weight excluding hydrogens is 248 g/mol. The fourth-order valence-electron chi connectivity index (χ4n) is 1.62. The summed E-state index contributed by atoms with van der Waals surface area (Å²) in [5, 5.41) is 12.5. The Bertz CT molecular complexity index is 459. The summed E-state index contributed by atoms with van der Waals surface area (Å²) < 4.78 is 0.0564. The Labute approximate surface area is 112 Å². The normalized spacial score (nSPS) is 11.4. The molecule has 0 aromatic carbocycles. The predicted molar refractivity (Wildman–Crippen MR) is 76.8 cm³/mol. The maximum atomic E-state index is 11.3. The molecule has 1 rings (SSSR count). The maximum absolute atomic E-state index is 11.3. The summed E-state index contributed by atoms with van der Waals surface area (Å²) in [6, 6.07) is 1.78. The number of nitrogens with zero attached hydrogens (tertiary/aromatic N) is 1. The second-order valence-corrected chi connectivity index (χ2v) is 6.41. The molecular formula is C13H20N2O2S. The first-order chi connectivity index (χ1) is 8.26. The minimum absolute atomic E-state index is 0.0564. The summed E-state index contributed by atoms with van der Waals surface area (Å²) in [5.74, 6) is -0.940. The quantitative estimate of drug-likeness (QED) is 0.859. The van der Waals surface area contributed by atoms with Gasteiger partial charge < -0.3 is 10.4 Å². The van der Waals surface area contributed by atoms with Crippen molar-refractivity contribution in [1.29, 1.82) is 0 Å². The summed E-state index contributed by atoms with van der Waals surface area (Å²) in [4.78, 5) is 15.5. The van der Waals surface area contributed by atoms with Crippen LogP contribution in [0.4, 0.5) is 5.69 Å². The van der Waals surface area contributed by atoms with E-state index < -0.39 is 5.97 Å². The lowest BCUT2D eigenvalue weighted by atomic mass is 10.1. The van der Waals surface area contributed by atoms with Crippen molar-refractivity contribution >= 4 is 23.4 Å². The molecule has 2 N–H and O–H groups in total. The third kappa shape index (κ3) is 3.63. The van der Waals surface area contributed by atoms with Gasteiger partial charge in [-0.15, -0.1) is 0 Å². The molecule has 5 heteroatoms. The van der Waals surface area contributed by atoms with E-state index in [9.17, 15) is 9.90 Å². The average molecular weight is 268 g/mol. The van der Waals surface area contributed by atoms with Gasteiger partial charge in [0.05, 0.1) is 11.4 Å². The fraction of sp³-hybridized carbons (Fsp3) is 0.538. The lowest BCUT2D eigenvalue weighted by Gasteiger charge is -2.24. The number of carboxylic acid groups (broad SMARTS) is 1. The van der Waals surface area contributed by atoms with Crippen LogP contribution in [-0.2, 0) is 0 Å². The number of hydrogen-bond acceptors (Lipinski definition) is 4. The molecule has 0 aliphatic rings. The van der Waals surface area contributed by atoms with Crippen LogP contribution in [0, 0.1) is 13.8 Å². The monoisotopic (exact) mass is 268 g/mol. The van der Waals surface area contributed by atoms with E-state index in [-0.39, 0.29) is 10.3 Å². The first kappa shape index (κ1) is 14.8. The van der Waals surface area contributed by atoms with Crippen LogP contribution in [0.2, 0.25) is 0 Å². The SMILES string of the molecule is CSC(C)(C)CNc1cc(C)nc(C)c1C(=O)O. The standard InChI is InChI=1S/C13H20N2O2S/c1-8-6-10(14-7-13(3,4)18-5)11(12(16)17)9(2)15-8/h6H,7H2,1-5H3,(H,14,15)(H,16,17). The molecule has 0 aliphatic heterocycles. The Hall–Kier alpha value is -1.23. The van der Waals surface area contributed by atoms with Crippen LogP contribution in [0.3, 0.4) is 0 Å². The van der Waals surface area contributed by atoms with Gasteiger partial charge in [-0.05, 0) is 40.0 Å². The van der Waals surface area contributed by atoms with Crippen molar-refractivity contribution in [2.75, 3.05) is 18.1 Å². The van der Waals surface area contributed by atoms with E-state index in [2.05, 4.69) is 24.1 Å². The van der Waals surface area contributed by atoms with Crippen LogP contribution >= 0.6 is 11.8 Å². The number of thioether (sulfide) groups is 1. The third-order valence-electron chi connectivity index (χ3n) is 2.80. The summed E-state index contributed by atoms with van der Waals surface area (Å²) in [5.41, 5.74) is 2.28. The van der Waals surface area contributed by atoms with Gasteiger partial charge in [0.25, 0.3) is 0 Å². The Morgan fingerprint density at radius 1 is 1.50 bits per heavy atom. The molecule has 4 nitrogen and oxygen atoms in total. The second-order valence-electron chi connectivity index (χ2n) is 4.89. The zero-order valence-electron chi connectivity index (χ0n) is 11.5. The van der Waals surface area contributed by atoms with Crippen molar-refractivity contribution in [3.8, 4) is 0 Å². The summed E-state index contributed by atoms with van der Waals surface area (Å²) in [6.45, 7) is 8.53. The molecule has 100 valence electrons. The second kappa shape index (κ2) is 5.61. The minimum Gasteiger partial charge on any atom is -0.478 e. The average Bonchev–Trinajstić information content (AvgIpc) is 2.25. The van der Waals surface area contributed by atoms with Crippen LogP contribution in [0.5, 0.6) is 0 Å². The number of hydrogen-bond donors (Lipinski definition) is 2. The van der Waals surface area contributed by atoms with Gasteiger partial charge in [-0.3, -0.25) is 4.98 Å². The molecule has 0 radical (unpaired) electrons. The van der Waals surface area contributed by atoms with Crippen molar-refractivity contribution in [3.05, 3.63) is 23.0 Å². The highest BCUT2D eigenvalue weighted by atomic mass is 32.2. The van der Waals surface area contributed by atoms with E-state index in [0.29, 0.717) is 17.9 Å². The zero-order valence-corrected chi connectivity index (χ0v) is 12.3. The van der Waals surface area contributed by atoms with E-state index in [1.165, 1.54) is 0 Å². The Balaban J connectivity index is 3.04. The van der Waals surface area contributed by atoms with Gasteiger partial charge in [0.15, 0.2) is 0 Å². The van der Waals surface area contributed by atoms with Gasteiger partial charge in [-0.2, -0.15) is 11.8 Å². The lowest BCUT2D eigenvalue weighted by Crippen LogP contribution is -2.27. The lowest BCUT2D eigenvalue weighted by molar-refractivity contribution is 0.0696. The van der Waals surface area contributed by atoms with Crippen molar-refractivity contribution in [2.45, 2.75) is 32.4 Å². The van der Waals surface area contributed by atoms with Crippen molar-refractivity contribution in [3.63, 3.8) is 0 Å². The summed E-state index contributed by atoms with van der Waals surface area (Å²) in [6.07, 6.45) is 2.04. The number of pyridine rings is 1. The molecule has 0 atom stereocenters. The number of carbonyl (C=O) groups is 1. The van der Waals surface area contributed by atoms with Gasteiger partial charge in [-0.25, -0.2) is 4.79 Å². The minimum atomic E-state index is -0.940. The molecule has 18 heavy (non-hydrogen) atoms. The maximum Gasteiger partial charge on any atom is 0.339 e. The number of nitrogens with one attached hydrogen (secondary N) is 1. The van der Waals surface area contributed by atoms with Crippen molar-refractivity contribution < 1.29 is 9.90 Å². The molecule has 1 heterocycles. The van der Waals surface area contributed by atoms with E-state index in [1.54, 1.807) is 24.8 Å². The molecule has 0 saturated carbocycles. The van der Waals surface area contributed by atoms with Crippen LogP contribution < -0.4 is 5.32 Å². The number of aromatic nitrogens is 1. The highest BCUT2D eigenvalue weighted by Crippen LogP contribution is 2.24. The highest BCUT2D eigenvalue weighted by Gasteiger charge is 2.19. The van der Waals surface area contributed by atoms with Gasteiger partial charge in [0.1, 0.15) is 5.56 Å². The van der Waals surface area contributed by atoms with Gasteiger partial charge in [0, 0.05) is 17.0 Å². The first-order valence-corrected chi connectivity index (χ1v) is 7.00. The van der Waals surface area contributed by atoms with Gasteiger partial charge in [-0.1, -0.05) is 0 Å². The highest BCUT2D eigenvalue weighted by molar-refractivity contribution is 7.99. The van der Waals surface area contributed by atoms with Crippen LogP contribution in [0.1, 0.15) is 35.6 Å². The molecule has 0 aliphatic carbocycles. The first-order valence-electron chi connectivity index (χ1n) is 5.77. The number of carboxylic acids is 1. The Morgan fingerprint density at radius 3 is 2.61 bits per heavy atom. The van der Waals surface area contributed by atoms with Gasteiger partial charge in [0.2, 0.25) is 0 Å². The Morgan fingerprint density at radius 2 is 2.11 bits per heavy atom. The van der Waals surface area contributed by atoms with Crippen molar-refractivity contribution in [1.82, 2.24) is 4.98 Å². The van der Waals surface area contributed by atoms with E-state index >= 15 is 0 Å². The number of anilines is 1. The third-order valence-corrected chi connectivity index (χ3v) is 4.05. The summed E-state index contributed by atoms with van der Waals surface area (Å²) in [7, 11) is 0. The van der Waals surface area contributed by atoms with Crippen molar-refractivity contribution in [2.24, 2.45) is 0 Å². The molecule has 0 bridgehead atoms. The molecule has 0 spiro atoms.